The molecule has 0 aromatic carbocycles. The van der Waals surface area contributed by atoms with Crippen molar-refractivity contribution in [1.29, 1.82) is 0 Å². The zero-order valence-corrected chi connectivity index (χ0v) is 4.80. The van der Waals surface area contributed by atoms with Gasteiger partial charge in [-0.25, -0.2) is 4.39 Å². The molecule has 0 saturated carbocycles. The van der Waals surface area contributed by atoms with E-state index in [-0.39, 0.29) is 6.54 Å². The van der Waals surface area contributed by atoms with E-state index in [9.17, 15) is 4.39 Å². The highest BCUT2D eigenvalue weighted by molar-refractivity contribution is 5.12. The highest BCUT2D eigenvalue weighted by Gasteiger charge is 2.03. The smallest absolute Gasteiger partial charge is 0.129 e. The molecule has 2 N–H and O–H groups in total. The lowest BCUT2D eigenvalue weighted by molar-refractivity contribution is 0.409. The third-order valence-corrected chi connectivity index (χ3v) is 1.07. The highest BCUT2D eigenvalue weighted by atomic mass is 19.1. The van der Waals surface area contributed by atoms with Crippen molar-refractivity contribution >= 4 is 0 Å². The molecule has 0 aliphatic carbocycles. The van der Waals surface area contributed by atoms with Crippen molar-refractivity contribution in [2.75, 3.05) is 0 Å². The maximum Gasteiger partial charge on any atom is 0.129 e. The first kappa shape index (κ1) is 6.22. The molecular formula is C5H7FN2O. The first-order valence-corrected chi connectivity index (χ1v) is 2.56. The summed E-state index contributed by atoms with van der Waals surface area (Å²) in [6.45, 7) is -0.328. The number of rotatable bonds is 2. The Balaban J connectivity index is 2.85. The van der Waals surface area contributed by atoms with Gasteiger partial charge in [0.2, 0.25) is 0 Å². The molecule has 1 heterocycles. The standard InChI is InChI=1S/C5H7FN2O/c6-1-4-3-9-8-5(4)2-7/h3H,1-2,7H2. The molecule has 0 radical (unpaired) electrons. The molecule has 0 amide bonds. The molecule has 1 aromatic heterocycles. The molecule has 0 unspecified atom stereocenters. The van der Waals surface area contributed by atoms with Crippen LogP contribution < -0.4 is 5.73 Å². The van der Waals surface area contributed by atoms with Gasteiger partial charge in [0.05, 0.1) is 0 Å². The summed E-state index contributed by atoms with van der Waals surface area (Å²) >= 11 is 0. The Labute approximate surface area is 51.6 Å². The fraction of sp³-hybridized carbons (Fsp3) is 0.400. The lowest BCUT2D eigenvalue weighted by Crippen LogP contribution is -1.98. The maximum absolute atomic E-state index is 11.9. The van der Waals surface area contributed by atoms with Gasteiger partial charge in [-0.1, -0.05) is 5.16 Å². The molecule has 9 heavy (non-hydrogen) atoms. The minimum atomic E-state index is -0.559. The van der Waals surface area contributed by atoms with Crippen molar-refractivity contribution in [2.24, 2.45) is 5.73 Å². The predicted molar refractivity (Wildman–Crippen MR) is 29.2 cm³/mol. The average molecular weight is 130 g/mol. The van der Waals surface area contributed by atoms with Crippen LogP contribution in [0.15, 0.2) is 10.8 Å². The fourth-order valence-electron chi connectivity index (χ4n) is 0.557. The molecule has 4 heteroatoms. The van der Waals surface area contributed by atoms with Gasteiger partial charge in [0, 0.05) is 12.1 Å². The molecule has 0 fully saturated rings. The lowest BCUT2D eigenvalue weighted by Gasteiger charge is -1.86. The molecule has 0 atom stereocenters. The van der Waals surface area contributed by atoms with Crippen LogP contribution >= 0.6 is 0 Å². The highest BCUT2D eigenvalue weighted by Crippen LogP contribution is 2.06. The van der Waals surface area contributed by atoms with Crippen molar-refractivity contribution in [3.05, 3.63) is 17.5 Å². The molecule has 0 aliphatic rings. The quantitative estimate of drug-likeness (QED) is 0.637. The molecule has 50 valence electrons. The third-order valence-electron chi connectivity index (χ3n) is 1.07. The van der Waals surface area contributed by atoms with Crippen LogP contribution in [0.1, 0.15) is 11.3 Å². The SMILES string of the molecule is NCc1nocc1CF. The predicted octanol–water partition coefficient (Wildman–Crippen LogP) is 0.603. The summed E-state index contributed by atoms with van der Waals surface area (Å²) in [6.07, 6.45) is 1.27. The van der Waals surface area contributed by atoms with Crippen molar-refractivity contribution in [3.63, 3.8) is 0 Å². The minimum absolute atomic E-state index is 0.232. The summed E-state index contributed by atoms with van der Waals surface area (Å²) < 4.78 is 16.3. The Bertz CT molecular complexity index is 168. The largest absolute Gasteiger partial charge is 0.364 e. The van der Waals surface area contributed by atoms with E-state index < -0.39 is 6.67 Å². The van der Waals surface area contributed by atoms with E-state index in [1.807, 2.05) is 0 Å². The van der Waals surface area contributed by atoms with Crippen LogP contribution in [-0.4, -0.2) is 5.16 Å². The van der Waals surface area contributed by atoms with Crippen LogP contribution in [0.4, 0.5) is 4.39 Å². The Kier molecular flexibility index (Phi) is 1.79. The van der Waals surface area contributed by atoms with Crippen molar-refractivity contribution in [2.45, 2.75) is 13.2 Å². The number of alkyl halides is 1. The van der Waals surface area contributed by atoms with E-state index in [1.54, 1.807) is 0 Å². The second kappa shape index (κ2) is 2.59. The topological polar surface area (TPSA) is 52.0 Å². The van der Waals surface area contributed by atoms with Crippen molar-refractivity contribution < 1.29 is 8.91 Å². The zero-order chi connectivity index (χ0) is 6.69. The normalized spacial score (nSPS) is 10.0. The van der Waals surface area contributed by atoms with Crippen molar-refractivity contribution in [3.8, 4) is 0 Å². The van der Waals surface area contributed by atoms with Crippen LogP contribution in [0.3, 0.4) is 0 Å². The van der Waals surface area contributed by atoms with Gasteiger partial charge in [-0.05, 0) is 0 Å². The monoisotopic (exact) mass is 130 g/mol. The van der Waals surface area contributed by atoms with Crippen LogP contribution in [0, 0.1) is 0 Å². The van der Waals surface area contributed by atoms with Gasteiger partial charge >= 0.3 is 0 Å². The average Bonchev–Trinajstić information content (AvgIpc) is 2.33. The Hall–Kier alpha value is -0.900. The van der Waals surface area contributed by atoms with Crippen LogP contribution in [0.25, 0.3) is 0 Å². The number of hydrogen-bond acceptors (Lipinski definition) is 3. The number of halogens is 1. The van der Waals surface area contributed by atoms with Gasteiger partial charge in [-0.15, -0.1) is 0 Å². The van der Waals surface area contributed by atoms with E-state index in [0.717, 1.165) is 0 Å². The maximum atomic E-state index is 11.9. The minimum Gasteiger partial charge on any atom is -0.364 e. The Morgan fingerprint density at radius 2 is 2.56 bits per heavy atom. The summed E-state index contributed by atoms with van der Waals surface area (Å²) in [5.41, 5.74) is 6.12. The zero-order valence-electron chi connectivity index (χ0n) is 4.80. The molecule has 0 aliphatic heterocycles. The van der Waals surface area contributed by atoms with Gasteiger partial charge in [0.15, 0.2) is 0 Å². The number of nitrogens with two attached hydrogens (primary N) is 1. The number of hydrogen-bond donors (Lipinski definition) is 1. The van der Waals surface area contributed by atoms with Crippen LogP contribution in [-0.2, 0) is 13.2 Å². The van der Waals surface area contributed by atoms with Crippen molar-refractivity contribution in [1.82, 2.24) is 5.16 Å². The Morgan fingerprint density at radius 1 is 1.78 bits per heavy atom. The second-order valence-electron chi connectivity index (χ2n) is 1.62. The molecule has 0 saturated heterocycles. The molecule has 0 bridgehead atoms. The molecule has 1 aromatic rings. The number of aromatic nitrogens is 1. The van der Waals surface area contributed by atoms with E-state index in [2.05, 4.69) is 9.68 Å². The van der Waals surface area contributed by atoms with Gasteiger partial charge < -0.3 is 10.3 Å². The van der Waals surface area contributed by atoms with E-state index in [0.29, 0.717) is 11.3 Å². The van der Waals surface area contributed by atoms with E-state index >= 15 is 0 Å². The summed E-state index contributed by atoms with van der Waals surface area (Å²) in [7, 11) is 0. The summed E-state index contributed by atoms with van der Waals surface area (Å²) in [5.74, 6) is 0. The van der Waals surface area contributed by atoms with Crippen LogP contribution in [0.5, 0.6) is 0 Å². The van der Waals surface area contributed by atoms with Gasteiger partial charge in [-0.2, -0.15) is 0 Å². The second-order valence-corrected chi connectivity index (χ2v) is 1.62. The third kappa shape index (κ3) is 1.08. The lowest BCUT2D eigenvalue weighted by atomic mass is 10.3. The van der Waals surface area contributed by atoms with Gasteiger partial charge in [0.25, 0.3) is 0 Å². The fourth-order valence-corrected chi connectivity index (χ4v) is 0.557. The molecule has 0 spiro atoms. The summed E-state index contributed by atoms with van der Waals surface area (Å²) in [5, 5.41) is 3.47. The van der Waals surface area contributed by atoms with Gasteiger partial charge in [0.1, 0.15) is 18.6 Å². The first-order chi connectivity index (χ1) is 4.38. The molecule has 1 rings (SSSR count). The van der Waals surface area contributed by atoms with E-state index in [4.69, 9.17) is 5.73 Å². The number of nitrogens with zero attached hydrogens (tertiary/aromatic N) is 1. The summed E-state index contributed by atoms with van der Waals surface area (Å²) in [6, 6.07) is 0. The Morgan fingerprint density at radius 3 is 3.00 bits per heavy atom. The molecule has 3 nitrogen and oxygen atoms in total. The molecular weight excluding hydrogens is 123 g/mol. The van der Waals surface area contributed by atoms with E-state index in [1.165, 1.54) is 6.26 Å². The van der Waals surface area contributed by atoms with Crippen LogP contribution in [0.2, 0.25) is 0 Å². The first-order valence-electron chi connectivity index (χ1n) is 2.56. The summed E-state index contributed by atoms with van der Waals surface area (Å²) in [4.78, 5) is 0. The van der Waals surface area contributed by atoms with Gasteiger partial charge in [-0.3, -0.25) is 0 Å².